The molecule has 0 heterocycles. The Kier molecular flexibility index (Phi) is 4.80. The Morgan fingerprint density at radius 1 is 1.27 bits per heavy atom. The number of nitriles is 1. The van der Waals surface area contributed by atoms with E-state index in [-0.39, 0.29) is 11.5 Å². The van der Waals surface area contributed by atoms with Gasteiger partial charge in [-0.15, -0.1) is 0 Å². The summed E-state index contributed by atoms with van der Waals surface area (Å²) in [4.78, 5) is 10.9. The van der Waals surface area contributed by atoms with Crippen molar-refractivity contribution in [3.63, 3.8) is 0 Å². The van der Waals surface area contributed by atoms with Crippen molar-refractivity contribution in [1.29, 1.82) is 5.26 Å². The van der Waals surface area contributed by atoms with Gasteiger partial charge in [0.15, 0.2) is 0 Å². The molecule has 0 aliphatic rings. The Morgan fingerprint density at radius 3 is 2.50 bits per heavy atom. The first-order valence-corrected chi connectivity index (χ1v) is 6.91. The highest BCUT2D eigenvalue weighted by Gasteiger charge is 2.17. The minimum absolute atomic E-state index is 0.241. The second-order valence-electron chi connectivity index (χ2n) is 5.13. The summed E-state index contributed by atoms with van der Waals surface area (Å²) in [6.07, 6.45) is 0.510. The largest absolute Gasteiger partial charge is 0.496 e. The van der Waals surface area contributed by atoms with E-state index in [0.29, 0.717) is 12.2 Å². The minimum Gasteiger partial charge on any atom is -0.496 e. The van der Waals surface area contributed by atoms with Crippen LogP contribution in [0.3, 0.4) is 0 Å². The number of ether oxygens (including phenoxy) is 1. The van der Waals surface area contributed by atoms with E-state index < -0.39 is 5.97 Å². The average Bonchev–Trinajstić information content (AvgIpc) is 2.53. The maximum absolute atomic E-state index is 10.9. The Morgan fingerprint density at radius 2 is 1.95 bits per heavy atom. The lowest BCUT2D eigenvalue weighted by Crippen LogP contribution is -2.04. The van der Waals surface area contributed by atoms with E-state index in [1.165, 1.54) is 0 Å². The molecule has 1 N–H and O–H groups in total. The number of aromatic carboxylic acids is 1. The second kappa shape index (κ2) is 6.77. The third-order valence-corrected chi connectivity index (χ3v) is 3.56. The van der Waals surface area contributed by atoms with E-state index in [2.05, 4.69) is 6.07 Å². The van der Waals surface area contributed by atoms with Crippen LogP contribution in [0, 0.1) is 18.3 Å². The summed E-state index contributed by atoms with van der Waals surface area (Å²) >= 11 is 0. The lowest BCUT2D eigenvalue weighted by molar-refractivity contribution is 0.0697. The molecule has 0 amide bonds. The molecule has 2 rings (SSSR count). The van der Waals surface area contributed by atoms with E-state index in [1.54, 1.807) is 31.4 Å². The van der Waals surface area contributed by atoms with Crippen molar-refractivity contribution in [2.24, 2.45) is 0 Å². The number of hydrogen-bond donors (Lipinski definition) is 1. The smallest absolute Gasteiger partial charge is 0.335 e. The predicted octanol–water partition coefficient (Wildman–Crippen LogP) is 3.55. The molecule has 2 aromatic rings. The summed E-state index contributed by atoms with van der Waals surface area (Å²) in [6.45, 7) is 1.97. The first kappa shape index (κ1) is 15.6. The maximum atomic E-state index is 10.9. The third-order valence-electron chi connectivity index (χ3n) is 3.56. The number of carboxylic acids is 1. The molecule has 0 saturated heterocycles. The number of carbonyl (C=O) groups is 1. The lowest BCUT2D eigenvalue weighted by atomic mass is 9.91. The van der Waals surface area contributed by atoms with Gasteiger partial charge in [0.2, 0.25) is 0 Å². The van der Waals surface area contributed by atoms with Crippen LogP contribution in [-0.4, -0.2) is 18.2 Å². The van der Waals surface area contributed by atoms with Crippen molar-refractivity contribution in [3.8, 4) is 11.8 Å². The molecule has 0 aliphatic heterocycles. The molecule has 4 heteroatoms. The standard InChI is InChI=1S/C18H17NO3/c1-12-3-8-17(22-2)16(9-12)15(11-19)10-13-4-6-14(7-5-13)18(20)21/h3-9,15H,10H2,1-2H3,(H,20,21). The van der Waals surface area contributed by atoms with Crippen molar-refractivity contribution in [3.05, 3.63) is 64.7 Å². The van der Waals surface area contributed by atoms with Crippen molar-refractivity contribution < 1.29 is 14.6 Å². The van der Waals surface area contributed by atoms with Crippen molar-refractivity contribution in [2.45, 2.75) is 19.3 Å². The van der Waals surface area contributed by atoms with Crippen LogP contribution in [0.2, 0.25) is 0 Å². The SMILES string of the molecule is COc1ccc(C)cc1C(C#N)Cc1ccc(C(=O)O)cc1. The summed E-state index contributed by atoms with van der Waals surface area (Å²) < 4.78 is 5.34. The lowest BCUT2D eigenvalue weighted by Gasteiger charge is -2.14. The highest BCUT2D eigenvalue weighted by Crippen LogP contribution is 2.30. The van der Waals surface area contributed by atoms with Gasteiger partial charge >= 0.3 is 5.97 Å². The van der Waals surface area contributed by atoms with Crippen LogP contribution in [-0.2, 0) is 6.42 Å². The zero-order valence-corrected chi connectivity index (χ0v) is 12.5. The van der Waals surface area contributed by atoms with Gasteiger partial charge in [-0.25, -0.2) is 4.79 Å². The summed E-state index contributed by atoms with van der Waals surface area (Å²) in [5.74, 6) is -0.603. The van der Waals surface area contributed by atoms with Crippen molar-refractivity contribution in [2.75, 3.05) is 7.11 Å². The molecule has 112 valence electrons. The Labute approximate surface area is 129 Å². The minimum atomic E-state index is -0.955. The molecule has 0 spiro atoms. The van der Waals surface area contributed by atoms with Gasteiger partial charge in [-0.1, -0.05) is 29.8 Å². The zero-order valence-electron chi connectivity index (χ0n) is 12.5. The Hall–Kier alpha value is -2.80. The van der Waals surface area contributed by atoms with Gasteiger partial charge in [0.25, 0.3) is 0 Å². The van der Waals surface area contributed by atoms with Gasteiger partial charge < -0.3 is 9.84 Å². The topological polar surface area (TPSA) is 70.3 Å². The fraction of sp³-hybridized carbons (Fsp3) is 0.222. The molecule has 0 fully saturated rings. The second-order valence-corrected chi connectivity index (χ2v) is 5.13. The van der Waals surface area contributed by atoms with E-state index in [1.807, 2.05) is 25.1 Å². The summed E-state index contributed by atoms with van der Waals surface area (Å²) in [5.41, 5.74) is 3.08. The molecule has 0 aromatic heterocycles. The highest BCUT2D eigenvalue weighted by atomic mass is 16.5. The summed E-state index contributed by atoms with van der Waals surface area (Å²) in [6, 6.07) is 14.7. The van der Waals surface area contributed by atoms with Crippen molar-refractivity contribution in [1.82, 2.24) is 0 Å². The van der Waals surface area contributed by atoms with Crippen LogP contribution >= 0.6 is 0 Å². The van der Waals surface area contributed by atoms with Gasteiger partial charge in [0.05, 0.1) is 24.7 Å². The zero-order chi connectivity index (χ0) is 16.1. The molecule has 0 radical (unpaired) electrons. The van der Waals surface area contributed by atoms with Gasteiger partial charge in [-0.05, 0) is 37.1 Å². The number of methoxy groups -OCH3 is 1. The van der Waals surface area contributed by atoms with Crippen LogP contribution in [0.15, 0.2) is 42.5 Å². The van der Waals surface area contributed by atoms with E-state index in [4.69, 9.17) is 9.84 Å². The van der Waals surface area contributed by atoms with E-state index in [0.717, 1.165) is 16.7 Å². The summed E-state index contributed by atoms with van der Waals surface area (Å²) in [7, 11) is 1.59. The first-order valence-electron chi connectivity index (χ1n) is 6.91. The predicted molar refractivity (Wildman–Crippen MR) is 83.2 cm³/mol. The molecule has 0 saturated carbocycles. The Bertz CT molecular complexity index is 714. The molecular formula is C18H17NO3. The first-order chi connectivity index (χ1) is 10.5. The number of rotatable bonds is 5. The number of benzene rings is 2. The average molecular weight is 295 g/mol. The molecule has 2 aromatic carbocycles. The molecule has 0 aliphatic carbocycles. The molecule has 22 heavy (non-hydrogen) atoms. The molecule has 4 nitrogen and oxygen atoms in total. The van der Waals surface area contributed by atoms with Crippen LogP contribution in [0.25, 0.3) is 0 Å². The van der Waals surface area contributed by atoms with Crippen LogP contribution in [0.5, 0.6) is 5.75 Å². The van der Waals surface area contributed by atoms with Gasteiger partial charge in [0, 0.05) is 5.56 Å². The fourth-order valence-electron chi connectivity index (χ4n) is 2.37. The fourth-order valence-corrected chi connectivity index (χ4v) is 2.37. The van der Waals surface area contributed by atoms with Crippen molar-refractivity contribution >= 4 is 5.97 Å². The number of carboxylic acid groups (broad SMARTS) is 1. The van der Waals surface area contributed by atoms with E-state index >= 15 is 0 Å². The Balaban J connectivity index is 2.28. The molecule has 1 atom stereocenters. The van der Waals surface area contributed by atoms with Crippen LogP contribution in [0.4, 0.5) is 0 Å². The summed E-state index contributed by atoms with van der Waals surface area (Å²) in [5, 5.41) is 18.4. The normalized spacial score (nSPS) is 11.5. The van der Waals surface area contributed by atoms with Crippen LogP contribution in [0.1, 0.15) is 33.0 Å². The molecule has 0 bridgehead atoms. The number of hydrogen-bond acceptors (Lipinski definition) is 3. The molecule has 1 unspecified atom stereocenters. The monoisotopic (exact) mass is 295 g/mol. The van der Waals surface area contributed by atoms with Gasteiger partial charge in [-0.2, -0.15) is 5.26 Å². The van der Waals surface area contributed by atoms with Crippen LogP contribution < -0.4 is 4.74 Å². The van der Waals surface area contributed by atoms with Gasteiger partial charge in [0.1, 0.15) is 5.75 Å². The van der Waals surface area contributed by atoms with Gasteiger partial charge in [-0.3, -0.25) is 0 Å². The molecular weight excluding hydrogens is 278 g/mol. The quantitative estimate of drug-likeness (QED) is 0.915. The maximum Gasteiger partial charge on any atom is 0.335 e. The highest BCUT2D eigenvalue weighted by molar-refractivity contribution is 5.87. The number of aryl methyl sites for hydroxylation is 1. The number of nitrogens with zero attached hydrogens (tertiary/aromatic N) is 1. The third kappa shape index (κ3) is 3.44. The van der Waals surface area contributed by atoms with E-state index in [9.17, 15) is 10.1 Å².